The highest BCUT2D eigenvalue weighted by atomic mass is 32.2. The number of hydrogen-bond donors (Lipinski definition) is 1. The van der Waals surface area contributed by atoms with Crippen molar-refractivity contribution in [1.82, 2.24) is 19.8 Å². The van der Waals surface area contributed by atoms with Gasteiger partial charge >= 0.3 is 0 Å². The summed E-state index contributed by atoms with van der Waals surface area (Å²) < 4.78 is 14.5. The van der Waals surface area contributed by atoms with Crippen molar-refractivity contribution in [2.45, 2.75) is 37.5 Å². The van der Waals surface area contributed by atoms with Gasteiger partial charge in [-0.1, -0.05) is 42.1 Å². The van der Waals surface area contributed by atoms with Crippen molar-refractivity contribution in [3.05, 3.63) is 66.0 Å². The van der Waals surface area contributed by atoms with E-state index in [0.717, 1.165) is 5.56 Å². The minimum Gasteiger partial charge on any atom is -0.335 e. The van der Waals surface area contributed by atoms with Gasteiger partial charge in [0.15, 0.2) is 5.82 Å². The predicted molar refractivity (Wildman–Crippen MR) is 115 cm³/mol. The predicted octanol–water partition coefficient (Wildman–Crippen LogP) is 3.72. The average molecular weight is 426 g/mol. The molecule has 4 rings (SSSR count). The van der Waals surface area contributed by atoms with Crippen LogP contribution in [0.3, 0.4) is 0 Å². The van der Waals surface area contributed by atoms with Crippen LogP contribution in [0.2, 0.25) is 0 Å². The van der Waals surface area contributed by atoms with E-state index >= 15 is 0 Å². The summed E-state index contributed by atoms with van der Waals surface area (Å²) >= 11 is 1.26. The average Bonchev–Trinajstić information content (AvgIpc) is 3.55. The molecule has 1 unspecified atom stereocenters. The molecule has 0 bridgehead atoms. The lowest BCUT2D eigenvalue weighted by atomic mass is 10.1. The van der Waals surface area contributed by atoms with E-state index in [1.54, 1.807) is 12.1 Å². The molecule has 2 aromatic carbocycles. The monoisotopic (exact) mass is 425 g/mol. The molecule has 2 N–H and O–H groups in total. The fraction of sp³-hybridized carbons (Fsp3) is 0.318. The number of benzene rings is 2. The number of nitrogens with zero attached hydrogens (tertiary/aromatic N) is 4. The van der Waals surface area contributed by atoms with Crippen LogP contribution in [0.15, 0.2) is 59.8 Å². The highest BCUT2D eigenvalue weighted by Gasteiger charge is 2.34. The van der Waals surface area contributed by atoms with Crippen LogP contribution >= 0.6 is 11.8 Å². The Kier molecular flexibility index (Phi) is 6.03. The minimum absolute atomic E-state index is 0.0505. The molecule has 1 aromatic heterocycles. The summed E-state index contributed by atoms with van der Waals surface area (Å²) in [6, 6.07) is 16.1. The summed E-state index contributed by atoms with van der Waals surface area (Å²) in [5, 5.41) is 8.65. The smallest absolute Gasteiger partial charge is 0.233 e. The largest absolute Gasteiger partial charge is 0.335 e. The van der Waals surface area contributed by atoms with Gasteiger partial charge in [0, 0.05) is 18.2 Å². The molecule has 0 radical (unpaired) electrons. The van der Waals surface area contributed by atoms with Gasteiger partial charge in [-0.3, -0.25) is 4.79 Å². The zero-order chi connectivity index (χ0) is 21.1. The maximum atomic E-state index is 13.2. The summed E-state index contributed by atoms with van der Waals surface area (Å²) in [7, 11) is 0. The van der Waals surface area contributed by atoms with Crippen molar-refractivity contribution in [2.75, 3.05) is 11.6 Å². The Balaban J connectivity index is 1.45. The first-order chi connectivity index (χ1) is 14.5. The van der Waals surface area contributed by atoms with Gasteiger partial charge in [-0.15, -0.1) is 10.2 Å². The Labute approximate surface area is 179 Å². The Morgan fingerprint density at radius 1 is 1.20 bits per heavy atom. The standard InChI is InChI=1S/C22H24FN5OS/c1-15(17-7-8-17)27(13-16-5-3-2-4-6-16)20(29)14-30-22-26-25-21(28(22)24)18-9-11-19(23)12-10-18/h2-6,9-12,15,17H,7-8,13-14,24H2,1H3. The van der Waals surface area contributed by atoms with Crippen molar-refractivity contribution in [3.63, 3.8) is 0 Å². The zero-order valence-electron chi connectivity index (χ0n) is 16.7. The molecular formula is C22H24FN5OS. The number of halogens is 1. The fourth-order valence-corrected chi connectivity index (χ4v) is 4.20. The van der Waals surface area contributed by atoms with Crippen LogP contribution in [0.4, 0.5) is 4.39 Å². The Morgan fingerprint density at radius 3 is 2.57 bits per heavy atom. The number of thioether (sulfide) groups is 1. The van der Waals surface area contributed by atoms with Crippen LogP contribution in [0.5, 0.6) is 0 Å². The Hall–Kier alpha value is -2.87. The van der Waals surface area contributed by atoms with Gasteiger partial charge < -0.3 is 10.7 Å². The van der Waals surface area contributed by atoms with Crippen molar-refractivity contribution in [2.24, 2.45) is 5.92 Å². The molecule has 8 heteroatoms. The van der Waals surface area contributed by atoms with E-state index in [1.165, 1.54) is 41.4 Å². The minimum atomic E-state index is -0.328. The Bertz CT molecular complexity index is 1000. The summed E-state index contributed by atoms with van der Waals surface area (Å²) in [5.74, 6) is 7.08. The van der Waals surface area contributed by atoms with Crippen molar-refractivity contribution >= 4 is 17.7 Å². The number of aromatic nitrogens is 3. The maximum Gasteiger partial charge on any atom is 0.233 e. The SMILES string of the molecule is CC(C1CC1)N(Cc1ccccc1)C(=O)CSc1nnc(-c2ccc(F)cc2)n1N. The Morgan fingerprint density at radius 2 is 1.90 bits per heavy atom. The molecule has 1 fully saturated rings. The van der Waals surface area contributed by atoms with Crippen LogP contribution in [0, 0.1) is 11.7 Å². The second kappa shape index (κ2) is 8.87. The van der Waals surface area contributed by atoms with Gasteiger partial charge in [0.1, 0.15) is 5.82 Å². The van der Waals surface area contributed by atoms with Crippen molar-refractivity contribution < 1.29 is 9.18 Å². The second-order valence-electron chi connectivity index (χ2n) is 7.56. The first-order valence-corrected chi connectivity index (χ1v) is 10.9. The van der Waals surface area contributed by atoms with E-state index in [-0.39, 0.29) is 23.5 Å². The number of carbonyl (C=O) groups excluding carboxylic acids is 1. The molecule has 0 saturated heterocycles. The number of carbonyl (C=O) groups is 1. The number of rotatable bonds is 8. The molecule has 3 aromatic rings. The first-order valence-electron chi connectivity index (χ1n) is 9.95. The van der Waals surface area contributed by atoms with Crippen molar-refractivity contribution in [1.29, 1.82) is 0 Å². The number of nitrogen functional groups attached to an aromatic ring is 1. The van der Waals surface area contributed by atoms with Gasteiger partial charge in [-0.25, -0.2) is 9.07 Å². The van der Waals surface area contributed by atoms with Crippen LogP contribution in [-0.2, 0) is 11.3 Å². The van der Waals surface area contributed by atoms with Crippen LogP contribution in [-0.4, -0.2) is 37.5 Å². The summed E-state index contributed by atoms with van der Waals surface area (Å²) in [6.45, 7) is 2.72. The number of hydrogen-bond acceptors (Lipinski definition) is 5. The van der Waals surface area contributed by atoms with E-state index in [2.05, 4.69) is 17.1 Å². The molecule has 1 amide bonds. The molecule has 1 atom stereocenters. The molecule has 0 spiro atoms. The zero-order valence-corrected chi connectivity index (χ0v) is 17.6. The van der Waals surface area contributed by atoms with Crippen molar-refractivity contribution in [3.8, 4) is 11.4 Å². The second-order valence-corrected chi connectivity index (χ2v) is 8.50. The van der Waals surface area contributed by atoms with E-state index < -0.39 is 0 Å². The van der Waals surface area contributed by atoms with E-state index in [9.17, 15) is 9.18 Å². The molecule has 156 valence electrons. The molecule has 0 aliphatic heterocycles. The molecule has 1 saturated carbocycles. The first kappa shape index (κ1) is 20.4. The molecular weight excluding hydrogens is 401 g/mol. The van der Waals surface area contributed by atoms with Gasteiger partial charge in [-0.05, 0) is 55.5 Å². The lowest BCUT2D eigenvalue weighted by Gasteiger charge is -2.29. The maximum absolute atomic E-state index is 13.2. The number of nitrogens with two attached hydrogens (primary N) is 1. The third-order valence-corrected chi connectivity index (χ3v) is 6.33. The fourth-order valence-electron chi connectivity index (χ4n) is 3.45. The van der Waals surface area contributed by atoms with E-state index in [4.69, 9.17) is 5.84 Å². The molecule has 1 aliphatic rings. The number of amides is 1. The van der Waals surface area contributed by atoms with E-state index in [0.29, 0.717) is 29.0 Å². The highest BCUT2D eigenvalue weighted by molar-refractivity contribution is 7.99. The van der Waals surface area contributed by atoms with Crippen LogP contribution in [0.1, 0.15) is 25.3 Å². The third-order valence-electron chi connectivity index (χ3n) is 5.40. The van der Waals surface area contributed by atoms with Gasteiger partial charge in [0.2, 0.25) is 11.1 Å². The molecule has 1 heterocycles. The molecule has 30 heavy (non-hydrogen) atoms. The summed E-state index contributed by atoms with van der Waals surface area (Å²) in [5.41, 5.74) is 1.78. The van der Waals surface area contributed by atoms with E-state index in [1.807, 2.05) is 35.2 Å². The van der Waals surface area contributed by atoms with Crippen LogP contribution < -0.4 is 5.84 Å². The quantitative estimate of drug-likeness (QED) is 0.440. The third kappa shape index (κ3) is 4.64. The highest BCUT2D eigenvalue weighted by Crippen LogP contribution is 2.36. The summed E-state index contributed by atoms with van der Waals surface area (Å²) in [6.07, 6.45) is 2.34. The van der Waals surface area contributed by atoms with Gasteiger partial charge in [-0.2, -0.15) is 0 Å². The topological polar surface area (TPSA) is 77.0 Å². The van der Waals surface area contributed by atoms with Crippen LogP contribution in [0.25, 0.3) is 11.4 Å². The van der Waals surface area contributed by atoms with Gasteiger partial charge in [0.25, 0.3) is 0 Å². The summed E-state index contributed by atoms with van der Waals surface area (Å²) in [4.78, 5) is 15.0. The lowest BCUT2D eigenvalue weighted by molar-refractivity contribution is -0.131. The lowest BCUT2D eigenvalue weighted by Crippen LogP contribution is -2.40. The molecule has 6 nitrogen and oxygen atoms in total. The normalized spacial score (nSPS) is 14.5. The van der Waals surface area contributed by atoms with Gasteiger partial charge in [0.05, 0.1) is 5.75 Å². The molecule has 1 aliphatic carbocycles.